The van der Waals surface area contributed by atoms with E-state index in [0.29, 0.717) is 11.3 Å². The van der Waals surface area contributed by atoms with Crippen molar-refractivity contribution in [3.05, 3.63) is 35.1 Å². The van der Waals surface area contributed by atoms with Gasteiger partial charge in [0.1, 0.15) is 5.82 Å². The van der Waals surface area contributed by atoms with E-state index in [0.717, 1.165) is 6.54 Å². The molecule has 0 amide bonds. The summed E-state index contributed by atoms with van der Waals surface area (Å²) in [5.74, 6) is 0.416. The third kappa shape index (κ3) is 1.47. The Morgan fingerprint density at radius 2 is 2.19 bits per heavy atom. The monoisotopic (exact) mass is 219 g/mol. The first kappa shape index (κ1) is 10.3. The Hall–Kier alpha value is -0.890. The first-order chi connectivity index (χ1) is 7.75. The lowest BCUT2D eigenvalue weighted by Gasteiger charge is -2.31. The summed E-state index contributed by atoms with van der Waals surface area (Å²) < 4.78 is 13.4. The molecular weight excluding hydrogens is 201 g/mol. The van der Waals surface area contributed by atoms with Gasteiger partial charge in [-0.05, 0) is 67.3 Å². The molecule has 1 atom stereocenters. The van der Waals surface area contributed by atoms with E-state index < -0.39 is 0 Å². The van der Waals surface area contributed by atoms with Crippen molar-refractivity contribution in [3.63, 3.8) is 0 Å². The van der Waals surface area contributed by atoms with Gasteiger partial charge in [-0.1, -0.05) is 6.07 Å². The molecule has 16 heavy (non-hydrogen) atoms. The molecule has 0 heterocycles. The van der Waals surface area contributed by atoms with Crippen LogP contribution in [0.2, 0.25) is 0 Å². The Labute approximate surface area is 96.1 Å². The lowest BCUT2D eigenvalue weighted by molar-refractivity contribution is 0.455. The fourth-order valence-electron chi connectivity index (χ4n) is 3.22. The average molecular weight is 219 g/mol. The summed E-state index contributed by atoms with van der Waals surface area (Å²) in [6.07, 6.45) is 5.10. The molecule has 86 valence electrons. The van der Waals surface area contributed by atoms with Crippen LogP contribution in [0.1, 0.15) is 42.7 Å². The van der Waals surface area contributed by atoms with Gasteiger partial charge in [0.25, 0.3) is 0 Å². The molecule has 1 aromatic carbocycles. The van der Waals surface area contributed by atoms with E-state index in [4.69, 9.17) is 0 Å². The molecule has 2 heteroatoms. The minimum absolute atomic E-state index is 0.0856. The highest BCUT2D eigenvalue weighted by Crippen LogP contribution is 2.57. The van der Waals surface area contributed by atoms with Crippen LogP contribution in [0.25, 0.3) is 0 Å². The van der Waals surface area contributed by atoms with Crippen LogP contribution in [0.4, 0.5) is 4.39 Å². The second kappa shape index (κ2) is 3.56. The summed E-state index contributed by atoms with van der Waals surface area (Å²) >= 11 is 0. The van der Waals surface area contributed by atoms with Crippen LogP contribution >= 0.6 is 0 Å². The van der Waals surface area contributed by atoms with Crippen molar-refractivity contribution in [1.29, 1.82) is 0 Å². The molecule has 1 unspecified atom stereocenters. The largest absolute Gasteiger partial charge is 0.319 e. The van der Waals surface area contributed by atoms with E-state index in [-0.39, 0.29) is 5.82 Å². The first-order valence-electron chi connectivity index (χ1n) is 6.20. The number of nitrogens with one attached hydrogen (secondary N) is 1. The fraction of sp³-hybridized carbons (Fsp3) is 0.571. The minimum atomic E-state index is -0.0856. The van der Waals surface area contributed by atoms with Crippen molar-refractivity contribution in [2.45, 2.75) is 37.0 Å². The van der Waals surface area contributed by atoms with Crippen molar-refractivity contribution >= 4 is 0 Å². The molecule has 0 saturated heterocycles. The Morgan fingerprint density at radius 3 is 2.88 bits per heavy atom. The summed E-state index contributed by atoms with van der Waals surface area (Å²) in [6, 6.07) is 5.41. The van der Waals surface area contributed by atoms with Gasteiger partial charge in [0.05, 0.1) is 0 Å². The molecule has 1 saturated carbocycles. The average Bonchev–Trinajstić information content (AvgIpc) is 3.04. The van der Waals surface area contributed by atoms with Crippen molar-refractivity contribution in [2.75, 3.05) is 13.6 Å². The topological polar surface area (TPSA) is 12.0 Å². The van der Waals surface area contributed by atoms with Gasteiger partial charge in [0.2, 0.25) is 0 Å². The third-order valence-corrected chi connectivity index (χ3v) is 4.30. The lowest BCUT2D eigenvalue weighted by atomic mass is 9.74. The molecule has 2 aliphatic rings. The summed E-state index contributed by atoms with van der Waals surface area (Å²) in [6.45, 7) is 0.965. The molecular formula is C14H18FN. The number of benzene rings is 1. The molecule has 1 N–H and O–H groups in total. The van der Waals surface area contributed by atoms with E-state index in [1.807, 2.05) is 13.1 Å². The Bertz CT molecular complexity index is 409. The molecule has 1 aromatic rings. The van der Waals surface area contributed by atoms with E-state index in [1.54, 1.807) is 12.1 Å². The van der Waals surface area contributed by atoms with E-state index in [2.05, 4.69) is 5.32 Å². The van der Waals surface area contributed by atoms with Crippen molar-refractivity contribution in [2.24, 2.45) is 0 Å². The molecule has 0 radical (unpaired) electrons. The quantitative estimate of drug-likeness (QED) is 0.806. The number of hydrogen-bond acceptors (Lipinski definition) is 1. The van der Waals surface area contributed by atoms with Gasteiger partial charge >= 0.3 is 0 Å². The maximum absolute atomic E-state index is 13.4. The van der Waals surface area contributed by atoms with Gasteiger partial charge in [-0.25, -0.2) is 4.39 Å². The predicted octanol–water partition coefficient (Wildman–Crippen LogP) is 2.95. The second-order valence-corrected chi connectivity index (χ2v) is 5.31. The van der Waals surface area contributed by atoms with Crippen LogP contribution in [-0.2, 0) is 5.41 Å². The summed E-state index contributed by atoms with van der Waals surface area (Å²) in [5, 5.41) is 3.22. The predicted molar refractivity (Wildman–Crippen MR) is 63.2 cm³/mol. The van der Waals surface area contributed by atoms with Crippen LogP contribution in [0.5, 0.6) is 0 Å². The van der Waals surface area contributed by atoms with Crippen molar-refractivity contribution < 1.29 is 4.39 Å². The fourth-order valence-corrected chi connectivity index (χ4v) is 3.22. The van der Waals surface area contributed by atoms with E-state index >= 15 is 0 Å². The van der Waals surface area contributed by atoms with Crippen LogP contribution in [0.3, 0.4) is 0 Å². The number of hydrogen-bond donors (Lipinski definition) is 1. The second-order valence-electron chi connectivity index (χ2n) is 5.31. The highest BCUT2D eigenvalue weighted by Gasteiger charge is 2.48. The maximum atomic E-state index is 13.4. The zero-order chi connectivity index (χ0) is 11.2. The molecule has 0 aliphatic heterocycles. The summed E-state index contributed by atoms with van der Waals surface area (Å²) in [5.41, 5.74) is 3.13. The highest BCUT2D eigenvalue weighted by atomic mass is 19.1. The Kier molecular flexibility index (Phi) is 2.28. The van der Waals surface area contributed by atoms with Gasteiger partial charge in [0, 0.05) is 6.54 Å². The van der Waals surface area contributed by atoms with Gasteiger partial charge < -0.3 is 5.32 Å². The zero-order valence-corrected chi connectivity index (χ0v) is 9.72. The van der Waals surface area contributed by atoms with Crippen LogP contribution in [0.15, 0.2) is 18.2 Å². The number of likely N-dealkylation sites (N-methyl/N-ethyl adjacent to an activating group) is 1. The third-order valence-electron chi connectivity index (χ3n) is 4.30. The molecule has 1 spiro atoms. The van der Waals surface area contributed by atoms with Crippen LogP contribution < -0.4 is 5.32 Å². The highest BCUT2D eigenvalue weighted by molar-refractivity contribution is 5.43. The summed E-state index contributed by atoms with van der Waals surface area (Å²) in [7, 11) is 1.97. The number of fused-ring (bicyclic) bond motifs is 2. The number of rotatable bonds is 2. The van der Waals surface area contributed by atoms with E-state index in [1.165, 1.54) is 36.8 Å². The Morgan fingerprint density at radius 1 is 1.38 bits per heavy atom. The molecule has 3 rings (SSSR count). The van der Waals surface area contributed by atoms with Gasteiger partial charge in [0.15, 0.2) is 0 Å². The minimum Gasteiger partial charge on any atom is -0.319 e. The smallest absolute Gasteiger partial charge is 0.123 e. The molecule has 1 fully saturated rings. The molecule has 2 aliphatic carbocycles. The van der Waals surface area contributed by atoms with Crippen LogP contribution in [0, 0.1) is 5.82 Å². The van der Waals surface area contributed by atoms with Crippen molar-refractivity contribution in [3.8, 4) is 0 Å². The summed E-state index contributed by atoms with van der Waals surface area (Å²) in [4.78, 5) is 0. The van der Waals surface area contributed by atoms with E-state index in [9.17, 15) is 4.39 Å². The Balaban J connectivity index is 2.04. The van der Waals surface area contributed by atoms with Crippen molar-refractivity contribution in [1.82, 2.24) is 5.32 Å². The van der Waals surface area contributed by atoms with Gasteiger partial charge in [-0.2, -0.15) is 0 Å². The maximum Gasteiger partial charge on any atom is 0.123 e. The zero-order valence-electron chi connectivity index (χ0n) is 9.72. The normalized spacial score (nSPS) is 25.5. The first-order valence-corrected chi connectivity index (χ1v) is 6.20. The van der Waals surface area contributed by atoms with Gasteiger partial charge in [-0.15, -0.1) is 0 Å². The van der Waals surface area contributed by atoms with Gasteiger partial charge in [-0.3, -0.25) is 0 Å². The molecule has 1 nitrogen and oxygen atoms in total. The molecule has 0 bridgehead atoms. The lowest BCUT2D eigenvalue weighted by Crippen LogP contribution is -2.26. The van der Waals surface area contributed by atoms with Crippen LogP contribution in [-0.4, -0.2) is 13.6 Å². The number of halogens is 1. The standard InChI is InChI=1S/C14H18FN/c1-16-9-10-4-5-14(6-7-14)13-3-2-11(15)8-12(10)13/h2-3,8,10,16H,4-7,9H2,1H3. The molecule has 0 aromatic heterocycles. The SMILES string of the molecule is CNCC1CCC2(CC2)c2ccc(F)cc21.